The second-order valence-electron chi connectivity index (χ2n) is 3.76. The fourth-order valence-corrected chi connectivity index (χ4v) is 2.12. The first-order valence-electron chi connectivity index (χ1n) is 5.07. The van der Waals surface area contributed by atoms with Crippen LogP contribution in [-0.4, -0.2) is 5.88 Å². The molecule has 1 fully saturated rings. The molecule has 0 N–H and O–H groups in total. The highest BCUT2D eigenvalue weighted by Gasteiger charge is 2.13. The topological polar surface area (TPSA) is 0 Å². The molecule has 0 bridgehead atoms. The van der Waals surface area contributed by atoms with Gasteiger partial charge in [-0.3, -0.25) is 0 Å². The molecule has 0 atom stereocenters. The summed E-state index contributed by atoms with van der Waals surface area (Å²) in [5, 5.41) is 0. The van der Waals surface area contributed by atoms with Gasteiger partial charge in [0, 0.05) is 5.88 Å². The summed E-state index contributed by atoms with van der Waals surface area (Å²) in [6.45, 7) is 2.27. The zero-order valence-electron chi connectivity index (χ0n) is 7.98. The van der Waals surface area contributed by atoms with Crippen molar-refractivity contribution in [3.63, 3.8) is 0 Å². The molecular weight excluding hydrogens is 168 g/mol. The van der Waals surface area contributed by atoms with Crippen molar-refractivity contribution in [1.29, 1.82) is 0 Å². The monoisotopic (exact) mass is 186 g/mol. The number of hydrogen-bond donors (Lipinski definition) is 0. The van der Waals surface area contributed by atoms with Crippen molar-refractivity contribution in [1.82, 2.24) is 0 Å². The molecule has 0 nitrogen and oxygen atoms in total. The summed E-state index contributed by atoms with van der Waals surface area (Å²) >= 11 is 5.64. The predicted octanol–water partition coefficient (Wildman–Crippen LogP) is 4.14. The van der Waals surface area contributed by atoms with Gasteiger partial charge >= 0.3 is 0 Å². The molecule has 1 rings (SSSR count). The lowest BCUT2D eigenvalue weighted by Gasteiger charge is -2.22. The number of halogens is 1. The fraction of sp³-hybridized carbons (Fsp3) is 0.818. The van der Waals surface area contributed by atoms with Crippen LogP contribution in [0.1, 0.15) is 45.4 Å². The van der Waals surface area contributed by atoms with Crippen LogP contribution < -0.4 is 0 Å². The van der Waals surface area contributed by atoms with E-state index in [4.69, 9.17) is 11.6 Å². The fourth-order valence-electron chi connectivity index (χ4n) is 2.01. The van der Waals surface area contributed by atoms with Crippen LogP contribution in [0.4, 0.5) is 0 Å². The summed E-state index contributed by atoms with van der Waals surface area (Å²) in [4.78, 5) is 0. The van der Waals surface area contributed by atoms with Crippen LogP contribution in [0.25, 0.3) is 0 Å². The molecule has 0 aromatic rings. The molecule has 0 unspecified atom stereocenters. The zero-order valence-corrected chi connectivity index (χ0v) is 8.74. The van der Waals surface area contributed by atoms with E-state index in [0.29, 0.717) is 0 Å². The summed E-state index contributed by atoms with van der Waals surface area (Å²) in [7, 11) is 0. The first-order valence-corrected chi connectivity index (χ1v) is 5.60. The number of hydrogen-bond acceptors (Lipinski definition) is 0. The molecular formula is C11H19Cl. The lowest BCUT2D eigenvalue weighted by Crippen LogP contribution is -2.07. The van der Waals surface area contributed by atoms with E-state index in [1.54, 1.807) is 5.57 Å². The normalized spacial score (nSPS) is 21.3. The second-order valence-corrected chi connectivity index (χ2v) is 4.14. The SMILES string of the molecule is C/C(=C/CCCl)C1CCCCC1. The molecule has 0 aliphatic heterocycles. The number of rotatable bonds is 3. The van der Waals surface area contributed by atoms with Crippen LogP contribution in [0.5, 0.6) is 0 Å². The molecule has 12 heavy (non-hydrogen) atoms. The van der Waals surface area contributed by atoms with Gasteiger partial charge in [0.05, 0.1) is 0 Å². The van der Waals surface area contributed by atoms with E-state index < -0.39 is 0 Å². The van der Waals surface area contributed by atoms with Gasteiger partial charge in [0.25, 0.3) is 0 Å². The van der Waals surface area contributed by atoms with Crippen LogP contribution in [0.3, 0.4) is 0 Å². The third kappa shape index (κ3) is 3.18. The maximum Gasteiger partial charge on any atom is 0.0258 e. The Bertz CT molecular complexity index is 143. The molecule has 0 aromatic carbocycles. The first-order chi connectivity index (χ1) is 5.84. The second kappa shape index (κ2) is 5.64. The van der Waals surface area contributed by atoms with Crippen molar-refractivity contribution in [2.45, 2.75) is 45.4 Å². The van der Waals surface area contributed by atoms with Crippen molar-refractivity contribution in [2.75, 3.05) is 5.88 Å². The number of allylic oxidation sites excluding steroid dienone is 2. The van der Waals surface area contributed by atoms with Gasteiger partial charge < -0.3 is 0 Å². The van der Waals surface area contributed by atoms with Gasteiger partial charge in [-0.05, 0) is 32.1 Å². The summed E-state index contributed by atoms with van der Waals surface area (Å²) in [5.74, 6) is 1.64. The van der Waals surface area contributed by atoms with E-state index >= 15 is 0 Å². The Morgan fingerprint density at radius 2 is 2.00 bits per heavy atom. The third-order valence-electron chi connectivity index (χ3n) is 2.82. The van der Waals surface area contributed by atoms with Gasteiger partial charge in [-0.2, -0.15) is 0 Å². The van der Waals surface area contributed by atoms with Crippen LogP contribution in [0.15, 0.2) is 11.6 Å². The summed E-state index contributed by atoms with van der Waals surface area (Å²) in [6, 6.07) is 0. The minimum atomic E-state index is 0.768. The van der Waals surface area contributed by atoms with Crippen LogP contribution in [0.2, 0.25) is 0 Å². The average Bonchev–Trinajstić information content (AvgIpc) is 2.15. The lowest BCUT2D eigenvalue weighted by molar-refractivity contribution is 0.402. The van der Waals surface area contributed by atoms with Crippen molar-refractivity contribution < 1.29 is 0 Å². The Morgan fingerprint density at radius 1 is 1.33 bits per heavy atom. The Hall–Kier alpha value is 0.0300. The van der Waals surface area contributed by atoms with Crippen LogP contribution >= 0.6 is 11.6 Å². The molecule has 0 radical (unpaired) electrons. The molecule has 1 saturated carbocycles. The molecule has 0 saturated heterocycles. The molecule has 0 aromatic heterocycles. The molecule has 70 valence electrons. The maximum atomic E-state index is 5.64. The van der Waals surface area contributed by atoms with Gasteiger partial charge in [-0.25, -0.2) is 0 Å². The van der Waals surface area contributed by atoms with Gasteiger partial charge in [-0.15, -0.1) is 11.6 Å². The zero-order chi connectivity index (χ0) is 8.81. The van der Waals surface area contributed by atoms with Crippen molar-refractivity contribution in [3.05, 3.63) is 11.6 Å². The lowest BCUT2D eigenvalue weighted by atomic mass is 9.84. The Kier molecular flexibility index (Phi) is 4.75. The van der Waals surface area contributed by atoms with E-state index in [9.17, 15) is 0 Å². The van der Waals surface area contributed by atoms with E-state index in [1.165, 1.54) is 32.1 Å². The minimum Gasteiger partial charge on any atom is -0.126 e. The van der Waals surface area contributed by atoms with Crippen molar-refractivity contribution >= 4 is 11.6 Å². The highest BCUT2D eigenvalue weighted by Crippen LogP contribution is 2.29. The number of alkyl halides is 1. The smallest absolute Gasteiger partial charge is 0.0258 e. The molecule has 1 heteroatoms. The van der Waals surface area contributed by atoms with E-state index in [-0.39, 0.29) is 0 Å². The predicted molar refractivity (Wildman–Crippen MR) is 55.7 cm³/mol. The molecule has 0 amide bonds. The van der Waals surface area contributed by atoms with E-state index in [0.717, 1.165) is 18.2 Å². The third-order valence-corrected chi connectivity index (χ3v) is 3.04. The molecule has 0 spiro atoms. The summed E-state index contributed by atoms with van der Waals surface area (Å²) in [5.41, 5.74) is 1.58. The summed E-state index contributed by atoms with van der Waals surface area (Å²) < 4.78 is 0. The Balaban J connectivity index is 2.33. The Labute approximate surface area is 81.0 Å². The van der Waals surface area contributed by atoms with Crippen LogP contribution in [-0.2, 0) is 0 Å². The highest BCUT2D eigenvalue weighted by atomic mass is 35.5. The Morgan fingerprint density at radius 3 is 2.58 bits per heavy atom. The first kappa shape index (κ1) is 10.1. The minimum absolute atomic E-state index is 0.768. The van der Waals surface area contributed by atoms with Gasteiger partial charge in [-0.1, -0.05) is 30.9 Å². The van der Waals surface area contributed by atoms with Gasteiger partial charge in [0.1, 0.15) is 0 Å². The standard InChI is InChI=1S/C11H19Cl/c1-10(6-5-9-12)11-7-3-2-4-8-11/h6,11H,2-5,7-9H2,1H3/b10-6-. The molecule has 1 aliphatic rings. The van der Waals surface area contributed by atoms with Gasteiger partial charge in [0.15, 0.2) is 0 Å². The molecule has 1 aliphatic carbocycles. The van der Waals surface area contributed by atoms with E-state index in [2.05, 4.69) is 13.0 Å². The summed E-state index contributed by atoms with van der Waals surface area (Å²) in [6.07, 6.45) is 10.5. The highest BCUT2D eigenvalue weighted by molar-refractivity contribution is 6.17. The quantitative estimate of drug-likeness (QED) is 0.459. The van der Waals surface area contributed by atoms with E-state index in [1.807, 2.05) is 0 Å². The average molecular weight is 187 g/mol. The van der Waals surface area contributed by atoms with Gasteiger partial charge in [0.2, 0.25) is 0 Å². The molecule has 0 heterocycles. The van der Waals surface area contributed by atoms with Crippen LogP contribution in [0, 0.1) is 5.92 Å². The van der Waals surface area contributed by atoms with Crippen molar-refractivity contribution in [3.8, 4) is 0 Å². The maximum absolute atomic E-state index is 5.64. The van der Waals surface area contributed by atoms with Crippen molar-refractivity contribution in [2.24, 2.45) is 5.92 Å². The largest absolute Gasteiger partial charge is 0.126 e.